The second-order valence-corrected chi connectivity index (χ2v) is 9.36. The zero-order valence-corrected chi connectivity index (χ0v) is 20.6. The summed E-state index contributed by atoms with van der Waals surface area (Å²) in [4.78, 5) is 30.2. The van der Waals surface area contributed by atoms with E-state index in [1.807, 2.05) is 92.9 Å². The van der Waals surface area contributed by atoms with E-state index in [0.29, 0.717) is 5.16 Å². The van der Waals surface area contributed by atoms with Crippen molar-refractivity contribution in [3.8, 4) is 0 Å². The van der Waals surface area contributed by atoms with Crippen LogP contribution in [0.4, 0.5) is 11.4 Å². The smallest absolute Gasteiger partial charge is 0.244 e. The number of rotatable bonds is 7. The first-order chi connectivity index (χ1) is 16.3. The average molecular weight is 473 g/mol. The number of aryl methyl sites for hydroxylation is 4. The van der Waals surface area contributed by atoms with Gasteiger partial charge in [0.05, 0.1) is 16.8 Å². The lowest BCUT2D eigenvalue weighted by Crippen LogP contribution is -2.21. The molecule has 0 atom stereocenters. The number of carbonyl (C=O) groups is 2. The van der Waals surface area contributed by atoms with Gasteiger partial charge >= 0.3 is 0 Å². The maximum atomic E-state index is 13.0. The van der Waals surface area contributed by atoms with Crippen molar-refractivity contribution in [3.63, 3.8) is 0 Å². The largest absolute Gasteiger partial charge is 0.325 e. The van der Waals surface area contributed by atoms with E-state index >= 15 is 0 Å². The number of thioether (sulfide) groups is 1. The van der Waals surface area contributed by atoms with E-state index in [9.17, 15) is 9.59 Å². The standard InChI is InChI=1S/C27H28N4O2S/c1-17-12-13-21(14-20(17)4)28-25(33)16-34-27-29-22-10-5-6-11-23(22)31(27)15-24(32)30-26-18(2)8-7-9-19(26)3/h5-14H,15-16H2,1-4H3,(H,28,33)(H,30,32). The molecular weight excluding hydrogens is 444 g/mol. The molecule has 1 heterocycles. The molecule has 0 spiro atoms. The zero-order valence-electron chi connectivity index (χ0n) is 19.8. The van der Waals surface area contributed by atoms with E-state index in [4.69, 9.17) is 0 Å². The Hall–Kier alpha value is -3.58. The third kappa shape index (κ3) is 5.31. The number of aromatic nitrogens is 2. The fourth-order valence-corrected chi connectivity index (χ4v) is 4.61. The van der Waals surface area contributed by atoms with Crippen LogP contribution in [0.15, 0.2) is 65.8 Å². The minimum absolute atomic E-state index is 0.107. The molecule has 0 saturated heterocycles. The molecule has 4 aromatic rings. The van der Waals surface area contributed by atoms with Gasteiger partial charge in [0, 0.05) is 11.4 Å². The first-order valence-electron chi connectivity index (χ1n) is 11.1. The summed E-state index contributed by atoms with van der Waals surface area (Å²) in [6, 6.07) is 19.5. The molecule has 0 aliphatic rings. The summed E-state index contributed by atoms with van der Waals surface area (Å²) in [5.74, 6) is -0.0665. The Morgan fingerprint density at radius 3 is 2.29 bits per heavy atom. The van der Waals surface area contributed by atoms with Gasteiger partial charge in [-0.2, -0.15) is 0 Å². The third-order valence-corrected chi connectivity index (χ3v) is 6.77. The number of benzene rings is 3. The summed E-state index contributed by atoms with van der Waals surface area (Å²) in [5.41, 5.74) is 7.59. The van der Waals surface area contributed by atoms with Crippen molar-refractivity contribution in [2.75, 3.05) is 16.4 Å². The van der Waals surface area contributed by atoms with Crippen LogP contribution in [-0.2, 0) is 16.1 Å². The number of para-hydroxylation sites is 3. The Bertz CT molecular complexity index is 1360. The van der Waals surface area contributed by atoms with E-state index in [-0.39, 0.29) is 24.1 Å². The molecule has 0 aliphatic heterocycles. The summed E-state index contributed by atoms with van der Waals surface area (Å²) >= 11 is 1.32. The number of amides is 2. The van der Waals surface area contributed by atoms with Gasteiger partial charge in [0.15, 0.2) is 5.16 Å². The Morgan fingerprint density at radius 2 is 1.56 bits per heavy atom. The van der Waals surface area contributed by atoms with Crippen molar-refractivity contribution in [1.82, 2.24) is 9.55 Å². The lowest BCUT2D eigenvalue weighted by atomic mass is 10.1. The lowest BCUT2D eigenvalue weighted by Gasteiger charge is -2.13. The second kappa shape index (κ2) is 10.1. The number of fused-ring (bicyclic) bond motifs is 1. The Kier molecular flexibility index (Phi) is 7.03. The van der Waals surface area contributed by atoms with E-state index in [1.165, 1.54) is 17.3 Å². The van der Waals surface area contributed by atoms with E-state index in [2.05, 4.69) is 15.6 Å². The van der Waals surface area contributed by atoms with Crippen molar-refractivity contribution < 1.29 is 9.59 Å². The Morgan fingerprint density at radius 1 is 0.824 bits per heavy atom. The summed E-state index contributed by atoms with van der Waals surface area (Å²) < 4.78 is 1.87. The molecule has 174 valence electrons. The molecule has 2 amide bonds. The second-order valence-electron chi connectivity index (χ2n) is 8.42. The van der Waals surface area contributed by atoms with Gasteiger partial charge in [0.25, 0.3) is 0 Å². The average Bonchev–Trinajstić information content (AvgIpc) is 3.15. The molecule has 4 rings (SSSR count). The first-order valence-corrected chi connectivity index (χ1v) is 12.1. The number of nitrogens with zero attached hydrogens (tertiary/aromatic N) is 2. The fraction of sp³-hybridized carbons (Fsp3) is 0.222. The van der Waals surface area contributed by atoms with Gasteiger partial charge in [-0.3, -0.25) is 9.59 Å². The molecule has 0 aliphatic carbocycles. The molecular formula is C27H28N4O2S. The van der Waals surface area contributed by atoms with Crippen molar-refractivity contribution >= 4 is 46.0 Å². The van der Waals surface area contributed by atoms with Crippen molar-refractivity contribution in [3.05, 3.63) is 82.9 Å². The van der Waals surface area contributed by atoms with Crippen LogP contribution in [0, 0.1) is 27.7 Å². The molecule has 0 fully saturated rings. The van der Waals surface area contributed by atoms with Crippen LogP contribution in [-0.4, -0.2) is 27.1 Å². The summed E-state index contributed by atoms with van der Waals surface area (Å²) in [7, 11) is 0. The minimum Gasteiger partial charge on any atom is -0.325 e. The van der Waals surface area contributed by atoms with Gasteiger partial charge < -0.3 is 15.2 Å². The monoisotopic (exact) mass is 472 g/mol. The quantitative estimate of drug-likeness (QED) is 0.341. The highest BCUT2D eigenvalue weighted by Crippen LogP contribution is 2.25. The molecule has 6 nitrogen and oxygen atoms in total. The van der Waals surface area contributed by atoms with E-state index in [1.54, 1.807) is 0 Å². The van der Waals surface area contributed by atoms with Gasteiger partial charge in [-0.05, 0) is 74.2 Å². The summed E-state index contributed by atoms with van der Waals surface area (Å²) in [6.07, 6.45) is 0. The van der Waals surface area contributed by atoms with Crippen LogP contribution >= 0.6 is 11.8 Å². The molecule has 0 bridgehead atoms. The Balaban J connectivity index is 1.50. The van der Waals surface area contributed by atoms with Crippen LogP contribution in [0.25, 0.3) is 11.0 Å². The zero-order chi connectivity index (χ0) is 24.2. The predicted molar refractivity (Wildman–Crippen MR) is 140 cm³/mol. The number of anilines is 2. The normalized spacial score (nSPS) is 10.9. The van der Waals surface area contributed by atoms with Crippen LogP contribution in [0.5, 0.6) is 0 Å². The predicted octanol–water partition coefficient (Wildman–Crippen LogP) is 5.64. The van der Waals surface area contributed by atoms with E-state index < -0.39 is 0 Å². The highest BCUT2D eigenvalue weighted by atomic mass is 32.2. The van der Waals surface area contributed by atoms with Gasteiger partial charge in [-0.1, -0.05) is 48.2 Å². The molecule has 3 aromatic carbocycles. The van der Waals surface area contributed by atoms with Crippen LogP contribution in [0.3, 0.4) is 0 Å². The molecule has 34 heavy (non-hydrogen) atoms. The summed E-state index contributed by atoms with van der Waals surface area (Å²) in [5, 5.41) is 6.62. The maximum absolute atomic E-state index is 13.0. The number of hydrogen-bond donors (Lipinski definition) is 2. The minimum atomic E-state index is -0.137. The highest BCUT2D eigenvalue weighted by Gasteiger charge is 2.16. The SMILES string of the molecule is Cc1ccc(NC(=O)CSc2nc3ccccc3n2CC(=O)Nc2c(C)cccc2C)cc1C. The maximum Gasteiger partial charge on any atom is 0.244 e. The highest BCUT2D eigenvalue weighted by molar-refractivity contribution is 7.99. The van der Waals surface area contributed by atoms with Gasteiger partial charge in [0.2, 0.25) is 11.8 Å². The van der Waals surface area contributed by atoms with Crippen molar-refractivity contribution in [2.45, 2.75) is 39.4 Å². The molecule has 1 aromatic heterocycles. The van der Waals surface area contributed by atoms with Crippen LogP contribution in [0.1, 0.15) is 22.3 Å². The first kappa shape index (κ1) is 23.6. The van der Waals surface area contributed by atoms with Gasteiger partial charge in [-0.25, -0.2) is 4.98 Å². The third-order valence-electron chi connectivity index (χ3n) is 5.79. The number of nitrogens with one attached hydrogen (secondary N) is 2. The molecule has 2 N–H and O–H groups in total. The molecule has 0 saturated carbocycles. The number of carbonyl (C=O) groups excluding carboxylic acids is 2. The Labute approximate surface area is 203 Å². The van der Waals surface area contributed by atoms with E-state index in [0.717, 1.165) is 39.1 Å². The topological polar surface area (TPSA) is 76.0 Å². The molecule has 0 radical (unpaired) electrons. The van der Waals surface area contributed by atoms with Crippen molar-refractivity contribution in [1.29, 1.82) is 0 Å². The summed E-state index contributed by atoms with van der Waals surface area (Å²) in [6.45, 7) is 8.12. The molecule has 7 heteroatoms. The van der Waals surface area contributed by atoms with Crippen LogP contribution < -0.4 is 10.6 Å². The molecule has 0 unspecified atom stereocenters. The lowest BCUT2D eigenvalue weighted by molar-refractivity contribution is -0.117. The van der Waals surface area contributed by atoms with Gasteiger partial charge in [-0.15, -0.1) is 0 Å². The van der Waals surface area contributed by atoms with Crippen LogP contribution in [0.2, 0.25) is 0 Å². The fourth-order valence-electron chi connectivity index (χ4n) is 3.80. The number of hydrogen-bond acceptors (Lipinski definition) is 4. The van der Waals surface area contributed by atoms with Gasteiger partial charge in [0.1, 0.15) is 6.54 Å². The van der Waals surface area contributed by atoms with Crippen molar-refractivity contribution in [2.24, 2.45) is 0 Å². The number of imidazole rings is 1.